The number of amides is 1. The van der Waals surface area contributed by atoms with Crippen LogP contribution in [-0.4, -0.2) is 45.1 Å². The number of oxazole rings is 1. The monoisotopic (exact) mass is 306 g/mol. The number of non-ortho nitro benzene ring substituents is 1. The quantitative estimate of drug-likeness (QED) is 0.659. The molecule has 1 aromatic carbocycles. The second kappa shape index (κ2) is 5.51. The van der Waals surface area contributed by atoms with Gasteiger partial charge in [0.1, 0.15) is 5.52 Å². The van der Waals surface area contributed by atoms with Gasteiger partial charge in [0.25, 0.3) is 11.7 Å². The van der Waals surface area contributed by atoms with Crippen molar-refractivity contribution >= 4 is 28.9 Å². The number of benzene rings is 1. The van der Waals surface area contributed by atoms with Crippen LogP contribution in [0.2, 0.25) is 0 Å². The lowest BCUT2D eigenvalue weighted by molar-refractivity contribution is -0.384. The second-order valence-corrected chi connectivity index (χ2v) is 5.12. The average molecular weight is 306 g/mol. The minimum absolute atomic E-state index is 0.0397. The van der Waals surface area contributed by atoms with Crippen LogP contribution in [0, 0.1) is 10.1 Å². The van der Waals surface area contributed by atoms with E-state index in [0.717, 1.165) is 0 Å². The molecule has 1 amide bonds. The van der Waals surface area contributed by atoms with Crippen LogP contribution in [0.4, 0.5) is 16.5 Å². The van der Waals surface area contributed by atoms with E-state index in [-0.39, 0.29) is 11.7 Å². The van der Waals surface area contributed by atoms with Crippen LogP contribution in [0.1, 0.15) is 12.8 Å². The van der Waals surface area contributed by atoms with Gasteiger partial charge in [-0.1, -0.05) is 0 Å². The van der Waals surface area contributed by atoms with Crippen LogP contribution in [-0.2, 0) is 0 Å². The highest BCUT2D eigenvalue weighted by Gasteiger charge is 2.23. The third-order valence-corrected chi connectivity index (χ3v) is 3.68. The molecule has 9 heteroatoms. The van der Waals surface area contributed by atoms with Gasteiger partial charge in [0.05, 0.1) is 4.92 Å². The number of rotatable bonds is 3. The summed E-state index contributed by atoms with van der Waals surface area (Å²) in [6, 6.07) is 4.60. The maximum Gasteiger partial charge on any atom is 0.407 e. The number of hydrogen-bond donors (Lipinski definition) is 2. The number of carboxylic acid groups (broad SMARTS) is 1. The van der Waals surface area contributed by atoms with Crippen molar-refractivity contribution < 1.29 is 19.2 Å². The molecule has 1 aromatic heterocycles. The van der Waals surface area contributed by atoms with Crippen LogP contribution in [0.15, 0.2) is 22.6 Å². The molecule has 0 radical (unpaired) electrons. The molecule has 1 aliphatic heterocycles. The molecule has 0 unspecified atom stereocenters. The molecule has 116 valence electrons. The van der Waals surface area contributed by atoms with Crippen molar-refractivity contribution in [2.45, 2.75) is 18.9 Å². The molecule has 1 fully saturated rings. The summed E-state index contributed by atoms with van der Waals surface area (Å²) in [6.07, 6.45) is 0.406. The van der Waals surface area contributed by atoms with Crippen molar-refractivity contribution in [3.05, 3.63) is 28.3 Å². The van der Waals surface area contributed by atoms with Crippen molar-refractivity contribution in [2.75, 3.05) is 18.4 Å². The maximum absolute atomic E-state index is 10.8. The zero-order valence-electron chi connectivity index (χ0n) is 11.6. The van der Waals surface area contributed by atoms with Gasteiger partial charge in [0.2, 0.25) is 0 Å². The Morgan fingerprint density at radius 3 is 2.82 bits per heavy atom. The number of fused-ring (bicyclic) bond motifs is 1. The van der Waals surface area contributed by atoms with E-state index in [1.54, 1.807) is 0 Å². The normalized spacial score (nSPS) is 15.9. The van der Waals surface area contributed by atoms with Gasteiger partial charge in [0.15, 0.2) is 5.58 Å². The van der Waals surface area contributed by atoms with Crippen LogP contribution >= 0.6 is 0 Å². The standard InChI is InChI=1S/C13H14N4O5/c18-13(19)16-5-3-8(4-6-16)14-12-15-10-7-9(17(20)21)1-2-11(10)22-12/h1-2,7-8H,3-6H2,(H,14,15)(H,18,19). The van der Waals surface area contributed by atoms with Crippen molar-refractivity contribution in [1.29, 1.82) is 0 Å². The lowest BCUT2D eigenvalue weighted by Gasteiger charge is -2.29. The third kappa shape index (κ3) is 2.78. The largest absolute Gasteiger partial charge is 0.465 e. The van der Waals surface area contributed by atoms with E-state index in [1.165, 1.54) is 23.1 Å². The molecule has 0 atom stereocenters. The van der Waals surface area contributed by atoms with Gasteiger partial charge in [-0.3, -0.25) is 10.1 Å². The maximum atomic E-state index is 10.8. The Kier molecular flexibility index (Phi) is 3.53. The Labute approximate surface area is 124 Å². The fourth-order valence-electron chi connectivity index (χ4n) is 2.48. The highest BCUT2D eigenvalue weighted by molar-refractivity contribution is 5.77. The zero-order valence-corrected chi connectivity index (χ0v) is 11.6. The van der Waals surface area contributed by atoms with Gasteiger partial charge in [-0.15, -0.1) is 0 Å². The minimum atomic E-state index is -0.910. The minimum Gasteiger partial charge on any atom is -0.465 e. The SMILES string of the molecule is O=C(O)N1CCC(Nc2nc3cc([N+](=O)[O-])ccc3o2)CC1. The van der Waals surface area contributed by atoms with Crippen LogP contribution in [0.3, 0.4) is 0 Å². The summed E-state index contributed by atoms with van der Waals surface area (Å²) in [7, 11) is 0. The van der Waals surface area contributed by atoms with E-state index >= 15 is 0 Å². The number of nitrogens with one attached hydrogen (secondary N) is 1. The van der Waals surface area contributed by atoms with E-state index in [9.17, 15) is 14.9 Å². The fourth-order valence-corrected chi connectivity index (χ4v) is 2.48. The van der Waals surface area contributed by atoms with E-state index in [4.69, 9.17) is 9.52 Å². The first-order valence-corrected chi connectivity index (χ1v) is 6.82. The van der Waals surface area contributed by atoms with Crippen molar-refractivity contribution in [1.82, 2.24) is 9.88 Å². The first-order valence-electron chi connectivity index (χ1n) is 6.82. The summed E-state index contributed by atoms with van der Waals surface area (Å²) in [5.41, 5.74) is 0.845. The Morgan fingerprint density at radius 1 is 1.45 bits per heavy atom. The predicted octanol–water partition coefficient (Wildman–Crippen LogP) is 2.29. The average Bonchev–Trinajstić information content (AvgIpc) is 2.88. The molecule has 2 heterocycles. The molecule has 9 nitrogen and oxygen atoms in total. The lowest BCUT2D eigenvalue weighted by Crippen LogP contribution is -2.41. The van der Waals surface area contributed by atoms with Gasteiger partial charge >= 0.3 is 6.09 Å². The predicted molar refractivity (Wildman–Crippen MR) is 76.9 cm³/mol. The highest BCUT2D eigenvalue weighted by Crippen LogP contribution is 2.25. The molecule has 0 spiro atoms. The summed E-state index contributed by atoms with van der Waals surface area (Å²) in [5, 5.41) is 22.7. The van der Waals surface area contributed by atoms with E-state index in [0.29, 0.717) is 43.0 Å². The summed E-state index contributed by atoms with van der Waals surface area (Å²) < 4.78 is 5.51. The van der Waals surface area contributed by atoms with E-state index < -0.39 is 11.0 Å². The highest BCUT2D eigenvalue weighted by atomic mass is 16.6. The first-order chi connectivity index (χ1) is 10.5. The van der Waals surface area contributed by atoms with Crippen molar-refractivity contribution in [3.8, 4) is 0 Å². The Morgan fingerprint density at radius 2 is 2.18 bits per heavy atom. The number of anilines is 1. The second-order valence-electron chi connectivity index (χ2n) is 5.12. The third-order valence-electron chi connectivity index (χ3n) is 3.68. The van der Waals surface area contributed by atoms with Gasteiger partial charge in [-0.25, -0.2) is 4.79 Å². The molecule has 22 heavy (non-hydrogen) atoms. The van der Waals surface area contributed by atoms with Crippen LogP contribution in [0.25, 0.3) is 11.1 Å². The summed E-state index contributed by atoms with van der Waals surface area (Å²) in [6.45, 7) is 0.914. The molecule has 2 N–H and O–H groups in total. The number of nitro groups is 1. The van der Waals surface area contributed by atoms with Crippen molar-refractivity contribution in [3.63, 3.8) is 0 Å². The number of likely N-dealkylation sites (tertiary alicyclic amines) is 1. The number of carbonyl (C=O) groups is 1. The van der Waals surface area contributed by atoms with Crippen LogP contribution < -0.4 is 5.32 Å². The van der Waals surface area contributed by atoms with Gasteiger partial charge in [0, 0.05) is 31.3 Å². The number of piperidine rings is 1. The number of nitro benzene ring substituents is 1. The zero-order chi connectivity index (χ0) is 15.7. The molecule has 0 saturated carbocycles. The fraction of sp³-hybridized carbons (Fsp3) is 0.385. The van der Waals surface area contributed by atoms with E-state index in [2.05, 4.69) is 10.3 Å². The Hall–Kier alpha value is -2.84. The molecule has 1 saturated heterocycles. The van der Waals surface area contributed by atoms with Gasteiger partial charge in [-0.2, -0.15) is 4.98 Å². The molecule has 0 bridgehead atoms. The van der Waals surface area contributed by atoms with Gasteiger partial charge in [-0.05, 0) is 18.9 Å². The molecular weight excluding hydrogens is 292 g/mol. The topological polar surface area (TPSA) is 122 Å². The number of nitrogens with zero attached hydrogens (tertiary/aromatic N) is 3. The van der Waals surface area contributed by atoms with Crippen LogP contribution in [0.5, 0.6) is 0 Å². The smallest absolute Gasteiger partial charge is 0.407 e. The molecule has 0 aliphatic carbocycles. The number of aromatic nitrogens is 1. The number of hydrogen-bond acceptors (Lipinski definition) is 6. The Balaban J connectivity index is 1.69. The molecular formula is C13H14N4O5. The van der Waals surface area contributed by atoms with E-state index in [1.807, 2.05) is 0 Å². The van der Waals surface area contributed by atoms with Gasteiger partial charge < -0.3 is 19.7 Å². The summed E-state index contributed by atoms with van der Waals surface area (Å²) >= 11 is 0. The summed E-state index contributed by atoms with van der Waals surface area (Å²) in [5.74, 6) is 0. The lowest BCUT2D eigenvalue weighted by atomic mass is 10.1. The van der Waals surface area contributed by atoms with Crippen molar-refractivity contribution in [2.24, 2.45) is 0 Å². The molecule has 2 aromatic rings. The molecule has 1 aliphatic rings. The first kappa shape index (κ1) is 14.1. The Bertz CT molecular complexity index is 720. The summed E-state index contributed by atoms with van der Waals surface area (Å²) in [4.78, 5) is 26.7. The molecule has 3 rings (SSSR count).